The number of aliphatic carboxylic acids is 1. The third kappa shape index (κ3) is 6.87. The average Bonchev–Trinajstić information content (AvgIpc) is 3.34. The van der Waals surface area contributed by atoms with E-state index in [2.05, 4.69) is 20.1 Å². The summed E-state index contributed by atoms with van der Waals surface area (Å²) in [5, 5.41) is 27.6. The molecule has 4 aliphatic rings. The molecule has 2 fully saturated rings. The molecule has 0 aromatic rings. The Morgan fingerprint density at radius 1 is 1.05 bits per heavy atom. The molecule has 1 heterocycles. The predicted molar refractivity (Wildman–Crippen MR) is 145 cm³/mol. The summed E-state index contributed by atoms with van der Waals surface area (Å²) in [6, 6.07) is 0. The Balaban J connectivity index is 1.65. The van der Waals surface area contributed by atoms with Gasteiger partial charge in [-0.15, -0.1) is 0 Å². The molecular weight excluding hydrogens is 502 g/mol. The van der Waals surface area contributed by atoms with E-state index in [1.54, 1.807) is 0 Å². The zero-order chi connectivity index (χ0) is 27.7. The number of aliphatic imine (C=N–C) groups is 1. The summed E-state index contributed by atoms with van der Waals surface area (Å²) in [6.45, 7) is 0.991. The summed E-state index contributed by atoms with van der Waals surface area (Å²) in [5.74, 6) is -0.373. The number of rotatable bonds is 12. The van der Waals surface area contributed by atoms with Crippen LogP contribution < -0.4 is 0 Å². The molecule has 0 spiro atoms. The van der Waals surface area contributed by atoms with E-state index in [-0.39, 0.29) is 30.5 Å². The number of carboxylic acid groups (broad SMARTS) is 1. The van der Waals surface area contributed by atoms with Crippen LogP contribution in [-0.4, -0.2) is 59.6 Å². The van der Waals surface area contributed by atoms with Crippen LogP contribution in [0.4, 0.5) is 0 Å². The van der Waals surface area contributed by atoms with E-state index in [9.17, 15) is 15.4 Å². The van der Waals surface area contributed by atoms with Crippen molar-refractivity contribution in [2.24, 2.45) is 33.0 Å². The fourth-order valence-electron chi connectivity index (χ4n) is 6.94. The minimum absolute atomic E-state index is 0.00358. The molecule has 0 bridgehead atoms. The smallest absolute Gasteiger partial charge is 0.336 e. The van der Waals surface area contributed by atoms with Crippen molar-refractivity contribution < 1.29 is 24.5 Å². The third-order valence-electron chi connectivity index (χ3n) is 9.01. The van der Waals surface area contributed by atoms with Crippen molar-refractivity contribution in [2.75, 3.05) is 19.8 Å². The molecule has 0 radical (unpaired) electrons. The standard InChI is InChI=1S/C27H41N7O5/c28-33-30-17-20-7-2-1-6-19(20)16-27(26(36)37)24(22-8-3-4-9-23(22)32-34-29)39-25(31-27)18-10-12-21(13-11-18)38-15-5-14-35/h18-21,24,35H,1-17H2,(H,36,37)/t18?,19?,20?,21?,24-,27-/m0/s1. The second kappa shape index (κ2) is 14.0. The van der Waals surface area contributed by atoms with Crippen LogP contribution in [0.5, 0.6) is 0 Å². The Bertz CT molecular complexity index is 1030. The first-order valence-corrected chi connectivity index (χ1v) is 14.5. The molecule has 0 aromatic heterocycles. The number of carbonyl (C=O) groups is 1. The highest BCUT2D eigenvalue weighted by atomic mass is 16.5. The summed E-state index contributed by atoms with van der Waals surface area (Å²) >= 11 is 0. The predicted octanol–water partition coefficient (Wildman–Crippen LogP) is 6.21. The SMILES string of the molecule is [N-]=[N+]=NCC1CCCCC1C[C@]1(C(=O)O)N=C(C2CCC(OCCCO)CC2)O[C@H]1C1=C(N=[N+]=[N-])CCCC1. The number of aliphatic hydroxyl groups excluding tert-OH is 1. The molecule has 3 aliphatic carbocycles. The summed E-state index contributed by atoms with van der Waals surface area (Å²) in [6.07, 6.45) is 10.2. The van der Waals surface area contributed by atoms with Gasteiger partial charge in [-0.1, -0.05) is 35.9 Å². The molecule has 4 atom stereocenters. The zero-order valence-electron chi connectivity index (χ0n) is 22.7. The van der Waals surface area contributed by atoms with Gasteiger partial charge in [0, 0.05) is 41.2 Å². The van der Waals surface area contributed by atoms with E-state index in [4.69, 9.17) is 25.1 Å². The average molecular weight is 544 g/mol. The van der Waals surface area contributed by atoms with Gasteiger partial charge in [0.1, 0.15) is 0 Å². The lowest BCUT2D eigenvalue weighted by Gasteiger charge is -2.38. The van der Waals surface area contributed by atoms with E-state index in [1.165, 1.54) is 0 Å². The minimum Gasteiger partial charge on any atom is -0.479 e. The van der Waals surface area contributed by atoms with Gasteiger partial charge >= 0.3 is 5.97 Å². The summed E-state index contributed by atoms with van der Waals surface area (Å²) in [7, 11) is 0. The van der Waals surface area contributed by atoms with Crippen LogP contribution in [0.1, 0.15) is 89.9 Å². The maximum Gasteiger partial charge on any atom is 0.336 e. The van der Waals surface area contributed by atoms with Gasteiger partial charge in [0.15, 0.2) is 12.0 Å². The molecule has 0 amide bonds. The van der Waals surface area contributed by atoms with Crippen LogP contribution in [0.15, 0.2) is 26.5 Å². The van der Waals surface area contributed by atoms with E-state index >= 15 is 0 Å². The van der Waals surface area contributed by atoms with E-state index < -0.39 is 17.6 Å². The molecule has 12 nitrogen and oxygen atoms in total. The number of allylic oxidation sites excluding steroid dienone is 1. The Hall–Kier alpha value is -2.78. The van der Waals surface area contributed by atoms with Gasteiger partial charge in [0.25, 0.3) is 0 Å². The fraction of sp³-hybridized carbons (Fsp3) is 0.852. The summed E-state index contributed by atoms with van der Waals surface area (Å²) in [5.41, 5.74) is 18.0. The van der Waals surface area contributed by atoms with Crippen molar-refractivity contribution in [2.45, 2.75) is 108 Å². The van der Waals surface area contributed by atoms with Crippen LogP contribution in [0.2, 0.25) is 0 Å². The van der Waals surface area contributed by atoms with Crippen LogP contribution in [-0.2, 0) is 14.3 Å². The molecule has 2 unspecified atom stereocenters. The number of aliphatic hydroxyl groups is 1. The first-order chi connectivity index (χ1) is 19.0. The molecule has 0 aromatic carbocycles. The molecular formula is C27H41N7O5. The fourth-order valence-corrected chi connectivity index (χ4v) is 6.94. The Morgan fingerprint density at radius 2 is 1.79 bits per heavy atom. The van der Waals surface area contributed by atoms with Gasteiger partial charge in [-0.05, 0) is 92.7 Å². The second-order valence-electron chi connectivity index (χ2n) is 11.4. The van der Waals surface area contributed by atoms with Gasteiger partial charge in [-0.25, -0.2) is 9.79 Å². The molecule has 2 saturated carbocycles. The number of hydrogen-bond donors (Lipinski definition) is 2. The normalized spacial score (nSPS) is 32.9. The molecule has 12 heteroatoms. The van der Waals surface area contributed by atoms with Crippen LogP contribution >= 0.6 is 0 Å². The highest BCUT2D eigenvalue weighted by Crippen LogP contribution is 2.47. The largest absolute Gasteiger partial charge is 0.479 e. The van der Waals surface area contributed by atoms with Crippen molar-refractivity contribution in [1.82, 2.24) is 0 Å². The quantitative estimate of drug-likeness (QED) is 0.128. The lowest BCUT2D eigenvalue weighted by atomic mass is 9.70. The molecule has 1 aliphatic heterocycles. The molecule has 0 saturated heterocycles. The van der Waals surface area contributed by atoms with Crippen LogP contribution in [0.25, 0.3) is 20.9 Å². The second-order valence-corrected chi connectivity index (χ2v) is 11.4. The van der Waals surface area contributed by atoms with Gasteiger partial charge in [0.05, 0.1) is 6.10 Å². The molecule has 39 heavy (non-hydrogen) atoms. The summed E-state index contributed by atoms with van der Waals surface area (Å²) < 4.78 is 12.5. The van der Waals surface area contributed by atoms with Gasteiger partial charge in [0.2, 0.25) is 5.54 Å². The van der Waals surface area contributed by atoms with Crippen molar-refractivity contribution in [1.29, 1.82) is 0 Å². The van der Waals surface area contributed by atoms with Crippen LogP contribution in [0, 0.1) is 17.8 Å². The van der Waals surface area contributed by atoms with Crippen molar-refractivity contribution in [3.8, 4) is 0 Å². The molecule has 214 valence electrons. The van der Waals surface area contributed by atoms with Gasteiger partial charge in [-0.3, -0.25) is 0 Å². The number of carboxylic acids is 1. The van der Waals surface area contributed by atoms with Crippen molar-refractivity contribution >= 4 is 11.9 Å². The van der Waals surface area contributed by atoms with E-state index in [0.29, 0.717) is 50.4 Å². The van der Waals surface area contributed by atoms with E-state index in [0.717, 1.165) is 69.8 Å². The minimum atomic E-state index is -1.51. The lowest BCUT2D eigenvalue weighted by molar-refractivity contribution is -0.146. The Labute approximate surface area is 229 Å². The van der Waals surface area contributed by atoms with E-state index in [1.807, 2.05) is 0 Å². The maximum absolute atomic E-state index is 13.2. The maximum atomic E-state index is 13.2. The Morgan fingerprint density at radius 3 is 2.49 bits per heavy atom. The third-order valence-corrected chi connectivity index (χ3v) is 9.01. The summed E-state index contributed by atoms with van der Waals surface area (Å²) in [4.78, 5) is 24.2. The van der Waals surface area contributed by atoms with Gasteiger partial charge in [-0.2, -0.15) is 0 Å². The Kier molecular flexibility index (Phi) is 10.5. The first-order valence-electron chi connectivity index (χ1n) is 14.5. The molecule has 2 N–H and O–H groups in total. The van der Waals surface area contributed by atoms with Crippen molar-refractivity contribution in [3.63, 3.8) is 0 Å². The topological polar surface area (TPSA) is 186 Å². The monoisotopic (exact) mass is 543 g/mol. The van der Waals surface area contributed by atoms with Gasteiger partial charge < -0.3 is 19.7 Å². The highest BCUT2D eigenvalue weighted by molar-refractivity contribution is 5.91. The molecule has 4 rings (SSSR count). The number of nitrogens with zero attached hydrogens (tertiary/aromatic N) is 7. The zero-order valence-corrected chi connectivity index (χ0v) is 22.7. The van der Waals surface area contributed by atoms with Crippen LogP contribution in [0.3, 0.4) is 0 Å². The highest BCUT2D eigenvalue weighted by Gasteiger charge is 2.57. The lowest BCUT2D eigenvalue weighted by Crippen LogP contribution is -2.49. The first kappa shape index (κ1) is 29.2. The number of hydrogen-bond acceptors (Lipinski definition) is 7. The van der Waals surface area contributed by atoms with Crippen molar-refractivity contribution in [3.05, 3.63) is 32.2 Å². The number of ether oxygens (including phenoxy) is 2. The number of azide groups is 2.